The quantitative estimate of drug-likeness (QED) is 0.776. The summed E-state index contributed by atoms with van der Waals surface area (Å²) in [5.74, 6) is -0.124. The summed E-state index contributed by atoms with van der Waals surface area (Å²) in [6.45, 7) is 1.08. The third-order valence-electron chi connectivity index (χ3n) is 3.12. The van der Waals surface area contributed by atoms with Gasteiger partial charge in [-0.15, -0.1) is 0 Å². The summed E-state index contributed by atoms with van der Waals surface area (Å²) in [5.41, 5.74) is 1.01. The van der Waals surface area contributed by atoms with E-state index in [0.717, 1.165) is 11.3 Å². The van der Waals surface area contributed by atoms with Crippen molar-refractivity contribution in [3.63, 3.8) is 0 Å². The molecule has 0 aromatic heterocycles. The third kappa shape index (κ3) is 6.27. The van der Waals surface area contributed by atoms with Gasteiger partial charge in [-0.3, -0.25) is 14.5 Å². The second-order valence-electron chi connectivity index (χ2n) is 4.98. The normalized spacial score (nSPS) is 10.5. The molecule has 0 unspecified atom stereocenters. The molecule has 116 valence electrons. The molecule has 0 fully saturated rings. The summed E-state index contributed by atoms with van der Waals surface area (Å²) < 4.78 is 5.09. The SMILES string of the molecule is COc1ccc(CN(C)C(=O)CN(C)CCC(=O)O)cc1. The monoisotopic (exact) mass is 294 g/mol. The molecule has 1 aromatic carbocycles. The van der Waals surface area contributed by atoms with Crippen molar-refractivity contribution in [1.29, 1.82) is 0 Å². The van der Waals surface area contributed by atoms with Gasteiger partial charge in [-0.25, -0.2) is 0 Å². The van der Waals surface area contributed by atoms with Crippen LogP contribution in [0.3, 0.4) is 0 Å². The van der Waals surface area contributed by atoms with Crippen molar-refractivity contribution in [3.05, 3.63) is 29.8 Å². The molecule has 0 heterocycles. The molecule has 1 aromatic rings. The topological polar surface area (TPSA) is 70.1 Å². The maximum atomic E-state index is 12.0. The van der Waals surface area contributed by atoms with Gasteiger partial charge < -0.3 is 14.7 Å². The van der Waals surface area contributed by atoms with Gasteiger partial charge in [-0.1, -0.05) is 12.1 Å². The lowest BCUT2D eigenvalue weighted by molar-refractivity contribution is -0.138. The molecule has 6 heteroatoms. The molecule has 0 bridgehead atoms. The first-order chi connectivity index (χ1) is 9.92. The Hall–Kier alpha value is -2.08. The van der Waals surface area contributed by atoms with Gasteiger partial charge in [-0.05, 0) is 24.7 Å². The number of carbonyl (C=O) groups is 2. The van der Waals surface area contributed by atoms with E-state index in [1.807, 2.05) is 24.3 Å². The minimum Gasteiger partial charge on any atom is -0.497 e. The molecule has 1 rings (SSSR count). The summed E-state index contributed by atoms with van der Waals surface area (Å²) >= 11 is 0. The number of methoxy groups -OCH3 is 1. The fraction of sp³-hybridized carbons (Fsp3) is 0.467. The second kappa shape index (κ2) is 8.26. The molecule has 0 atom stereocenters. The molecular formula is C15H22N2O4. The second-order valence-corrected chi connectivity index (χ2v) is 4.98. The van der Waals surface area contributed by atoms with Crippen LogP contribution in [0.5, 0.6) is 5.75 Å². The number of carbonyl (C=O) groups excluding carboxylic acids is 1. The zero-order valence-electron chi connectivity index (χ0n) is 12.7. The van der Waals surface area contributed by atoms with Crippen LogP contribution >= 0.6 is 0 Å². The summed E-state index contributed by atoms with van der Waals surface area (Å²) in [7, 11) is 5.08. The third-order valence-corrected chi connectivity index (χ3v) is 3.12. The zero-order chi connectivity index (χ0) is 15.8. The number of nitrogens with zero attached hydrogens (tertiary/aromatic N) is 2. The average Bonchev–Trinajstić information content (AvgIpc) is 2.45. The highest BCUT2D eigenvalue weighted by molar-refractivity contribution is 5.78. The van der Waals surface area contributed by atoms with E-state index in [0.29, 0.717) is 13.1 Å². The van der Waals surface area contributed by atoms with Crippen molar-refractivity contribution >= 4 is 11.9 Å². The average molecular weight is 294 g/mol. The Morgan fingerprint density at radius 3 is 2.33 bits per heavy atom. The maximum absolute atomic E-state index is 12.0. The fourth-order valence-electron chi connectivity index (χ4n) is 1.81. The predicted octanol–water partition coefficient (Wildman–Crippen LogP) is 1.06. The molecule has 0 saturated carbocycles. The molecule has 1 N–H and O–H groups in total. The van der Waals surface area contributed by atoms with Gasteiger partial charge in [0, 0.05) is 20.1 Å². The summed E-state index contributed by atoms with van der Waals surface area (Å²) in [5, 5.41) is 8.61. The van der Waals surface area contributed by atoms with Gasteiger partial charge >= 0.3 is 5.97 Å². The van der Waals surface area contributed by atoms with Gasteiger partial charge in [0.05, 0.1) is 20.1 Å². The van der Waals surface area contributed by atoms with Crippen LogP contribution in [0.2, 0.25) is 0 Å². The number of aliphatic carboxylic acids is 1. The minimum atomic E-state index is -0.860. The Labute approximate surface area is 124 Å². The number of hydrogen-bond acceptors (Lipinski definition) is 4. The molecule has 0 aliphatic heterocycles. The summed E-state index contributed by atoms with van der Waals surface area (Å²) in [6, 6.07) is 7.53. The van der Waals surface area contributed by atoms with E-state index >= 15 is 0 Å². The summed E-state index contributed by atoms with van der Waals surface area (Å²) in [4.78, 5) is 25.9. The number of likely N-dealkylation sites (N-methyl/N-ethyl adjacent to an activating group) is 2. The van der Waals surface area contributed by atoms with E-state index in [2.05, 4.69) is 0 Å². The largest absolute Gasteiger partial charge is 0.497 e. The van der Waals surface area contributed by atoms with Crippen LogP contribution in [-0.2, 0) is 16.1 Å². The molecule has 0 aliphatic carbocycles. The van der Waals surface area contributed by atoms with Gasteiger partial charge in [0.2, 0.25) is 5.91 Å². The highest BCUT2D eigenvalue weighted by Crippen LogP contribution is 2.12. The predicted molar refractivity (Wildman–Crippen MR) is 79.2 cm³/mol. The van der Waals surface area contributed by atoms with E-state index in [-0.39, 0.29) is 18.9 Å². The zero-order valence-corrected chi connectivity index (χ0v) is 12.7. The van der Waals surface area contributed by atoms with Crippen molar-refractivity contribution in [1.82, 2.24) is 9.80 Å². The van der Waals surface area contributed by atoms with Crippen molar-refractivity contribution in [3.8, 4) is 5.75 Å². The highest BCUT2D eigenvalue weighted by atomic mass is 16.5. The van der Waals surface area contributed by atoms with Crippen LogP contribution in [0.15, 0.2) is 24.3 Å². The fourth-order valence-corrected chi connectivity index (χ4v) is 1.81. The van der Waals surface area contributed by atoms with Gasteiger partial charge in [-0.2, -0.15) is 0 Å². The van der Waals surface area contributed by atoms with Gasteiger partial charge in [0.25, 0.3) is 0 Å². The lowest BCUT2D eigenvalue weighted by Crippen LogP contribution is -2.37. The van der Waals surface area contributed by atoms with Crippen molar-refractivity contribution in [2.24, 2.45) is 0 Å². The first-order valence-corrected chi connectivity index (χ1v) is 6.69. The van der Waals surface area contributed by atoms with E-state index in [9.17, 15) is 9.59 Å². The number of amides is 1. The number of hydrogen-bond donors (Lipinski definition) is 1. The van der Waals surface area contributed by atoms with Crippen molar-refractivity contribution in [2.45, 2.75) is 13.0 Å². The van der Waals surface area contributed by atoms with Crippen molar-refractivity contribution < 1.29 is 19.4 Å². The molecule has 0 spiro atoms. The first-order valence-electron chi connectivity index (χ1n) is 6.69. The van der Waals surface area contributed by atoms with Crippen LogP contribution in [0, 0.1) is 0 Å². The number of carboxylic acids is 1. The Morgan fingerprint density at radius 1 is 1.19 bits per heavy atom. The molecular weight excluding hydrogens is 272 g/mol. The molecule has 6 nitrogen and oxygen atoms in total. The number of ether oxygens (including phenoxy) is 1. The van der Waals surface area contributed by atoms with Crippen molar-refractivity contribution in [2.75, 3.05) is 34.3 Å². The lowest BCUT2D eigenvalue weighted by atomic mass is 10.2. The van der Waals surface area contributed by atoms with Crippen LogP contribution in [0.4, 0.5) is 0 Å². The number of rotatable bonds is 8. The number of benzene rings is 1. The Bertz CT molecular complexity index is 473. The standard InChI is InChI=1S/C15H22N2O4/c1-16(9-8-15(19)20)11-14(18)17(2)10-12-4-6-13(21-3)7-5-12/h4-7H,8-11H2,1-3H3,(H,19,20). The molecule has 21 heavy (non-hydrogen) atoms. The van der Waals surface area contributed by atoms with E-state index in [1.165, 1.54) is 0 Å². The Kier molecular flexibility index (Phi) is 6.68. The molecule has 1 amide bonds. The Balaban J connectivity index is 2.44. The maximum Gasteiger partial charge on any atom is 0.304 e. The molecule has 0 saturated heterocycles. The lowest BCUT2D eigenvalue weighted by Gasteiger charge is -2.21. The smallest absolute Gasteiger partial charge is 0.304 e. The summed E-state index contributed by atoms with van der Waals surface area (Å²) in [6.07, 6.45) is 0.0337. The van der Waals surface area contributed by atoms with E-state index in [1.54, 1.807) is 31.0 Å². The Morgan fingerprint density at radius 2 is 1.81 bits per heavy atom. The molecule has 0 radical (unpaired) electrons. The van der Waals surface area contributed by atoms with Crippen LogP contribution in [-0.4, -0.2) is 61.1 Å². The van der Waals surface area contributed by atoms with Gasteiger partial charge in [0.15, 0.2) is 0 Å². The van der Waals surface area contributed by atoms with E-state index < -0.39 is 5.97 Å². The van der Waals surface area contributed by atoms with E-state index in [4.69, 9.17) is 9.84 Å². The first kappa shape index (κ1) is 17.0. The number of carboxylic acid groups (broad SMARTS) is 1. The highest BCUT2D eigenvalue weighted by Gasteiger charge is 2.13. The van der Waals surface area contributed by atoms with Crippen LogP contribution in [0.25, 0.3) is 0 Å². The minimum absolute atomic E-state index is 0.0337. The van der Waals surface area contributed by atoms with Crippen LogP contribution < -0.4 is 4.74 Å². The van der Waals surface area contributed by atoms with Gasteiger partial charge in [0.1, 0.15) is 5.75 Å². The van der Waals surface area contributed by atoms with Crippen LogP contribution in [0.1, 0.15) is 12.0 Å². The molecule has 0 aliphatic rings.